The van der Waals surface area contributed by atoms with Gasteiger partial charge in [-0.05, 0) is 56.2 Å². The van der Waals surface area contributed by atoms with Crippen molar-refractivity contribution in [3.05, 3.63) is 89.5 Å². The predicted octanol–water partition coefficient (Wildman–Crippen LogP) is 4.77. The number of benzene rings is 3. The Hall–Kier alpha value is -3.62. The molecule has 0 saturated heterocycles. The number of hydrogen-bond acceptors (Lipinski definition) is 4. The summed E-state index contributed by atoms with van der Waals surface area (Å²) in [5, 5.41) is 24.0. The second kappa shape index (κ2) is 8.62. The molecule has 3 N–H and O–H groups in total. The van der Waals surface area contributed by atoms with E-state index in [1.54, 1.807) is 56.3 Å². The lowest BCUT2D eigenvalue weighted by molar-refractivity contribution is -0.120. The summed E-state index contributed by atoms with van der Waals surface area (Å²) in [5.74, 6) is -2.09. The molecule has 1 atom stereocenters. The second-order valence-electron chi connectivity index (χ2n) is 9.03. The molecule has 34 heavy (non-hydrogen) atoms. The van der Waals surface area contributed by atoms with Gasteiger partial charge in [-0.15, -0.1) is 0 Å². The number of imidazole rings is 1. The Balaban J connectivity index is 1.78. The van der Waals surface area contributed by atoms with E-state index in [0.717, 1.165) is 18.2 Å². The summed E-state index contributed by atoms with van der Waals surface area (Å²) in [6.45, 7) is 4.76. The zero-order chi connectivity index (χ0) is 24.7. The van der Waals surface area contributed by atoms with Crippen LogP contribution in [0, 0.1) is 11.6 Å². The molecule has 0 aliphatic heterocycles. The van der Waals surface area contributed by atoms with Crippen LogP contribution in [0.2, 0.25) is 0 Å². The molecule has 4 aromatic rings. The van der Waals surface area contributed by atoms with Crippen molar-refractivity contribution in [2.45, 2.75) is 38.4 Å². The van der Waals surface area contributed by atoms with Crippen LogP contribution < -0.4 is 5.32 Å². The molecule has 0 radical (unpaired) electrons. The zero-order valence-electron chi connectivity index (χ0n) is 19.0. The largest absolute Gasteiger partial charge is 0.386 e. The molecule has 4 rings (SSSR count). The highest BCUT2D eigenvalue weighted by molar-refractivity contribution is 5.93. The first-order chi connectivity index (χ1) is 15.9. The Morgan fingerprint density at radius 2 is 1.59 bits per heavy atom. The van der Waals surface area contributed by atoms with Crippen molar-refractivity contribution < 1.29 is 23.8 Å². The number of aliphatic hydroxyl groups is 2. The summed E-state index contributed by atoms with van der Waals surface area (Å²) in [7, 11) is 0. The SMILES string of the molecule is CC(C)(O)c1ccc2nc(NC(=O)C[C@](C)(O)c3ccccc3)n(-c3cc(F)cc(F)c3)c2c1. The third-order valence-electron chi connectivity index (χ3n) is 5.62. The molecule has 0 aliphatic rings. The molecule has 0 aliphatic carbocycles. The molecule has 0 unspecified atom stereocenters. The number of nitrogens with zero attached hydrogens (tertiary/aromatic N) is 2. The van der Waals surface area contributed by atoms with E-state index in [2.05, 4.69) is 10.3 Å². The Morgan fingerprint density at radius 3 is 2.21 bits per heavy atom. The van der Waals surface area contributed by atoms with E-state index in [9.17, 15) is 23.8 Å². The highest BCUT2D eigenvalue weighted by Crippen LogP contribution is 2.31. The quantitative estimate of drug-likeness (QED) is 0.383. The van der Waals surface area contributed by atoms with Crippen molar-refractivity contribution in [2.75, 3.05) is 5.32 Å². The molecule has 8 heteroatoms. The van der Waals surface area contributed by atoms with Crippen molar-refractivity contribution >= 4 is 22.9 Å². The molecule has 1 aromatic heterocycles. The molecular weight excluding hydrogens is 440 g/mol. The first-order valence-electron chi connectivity index (χ1n) is 10.7. The van der Waals surface area contributed by atoms with Crippen molar-refractivity contribution in [3.8, 4) is 5.69 Å². The van der Waals surface area contributed by atoms with Gasteiger partial charge >= 0.3 is 0 Å². The maximum atomic E-state index is 14.1. The standard InChI is InChI=1S/C26H25F2N3O3/c1-25(2,33)17-9-10-21-22(11-17)31(20-13-18(27)12-19(28)14-20)24(29-21)30-23(32)15-26(3,34)16-7-5-4-6-8-16/h4-14,33-34H,15H2,1-3H3,(H,29,30,32)/t26-/m0/s1. The summed E-state index contributed by atoms with van der Waals surface area (Å²) in [6, 6.07) is 16.8. The van der Waals surface area contributed by atoms with Crippen LogP contribution in [0.5, 0.6) is 0 Å². The minimum atomic E-state index is -1.44. The van der Waals surface area contributed by atoms with E-state index in [0.29, 0.717) is 22.2 Å². The van der Waals surface area contributed by atoms with Crippen LogP contribution in [-0.4, -0.2) is 25.7 Å². The van der Waals surface area contributed by atoms with E-state index in [-0.39, 0.29) is 18.1 Å². The van der Waals surface area contributed by atoms with Gasteiger partial charge in [0.1, 0.15) is 11.6 Å². The van der Waals surface area contributed by atoms with Gasteiger partial charge < -0.3 is 10.2 Å². The zero-order valence-corrected chi connectivity index (χ0v) is 19.0. The lowest BCUT2D eigenvalue weighted by Crippen LogP contribution is -2.29. The van der Waals surface area contributed by atoms with Gasteiger partial charge in [0.2, 0.25) is 11.9 Å². The molecule has 6 nitrogen and oxygen atoms in total. The van der Waals surface area contributed by atoms with Crippen molar-refractivity contribution in [3.63, 3.8) is 0 Å². The number of halogens is 2. The highest BCUT2D eigenvalue weighted by Gasteiger charge is 2.28. The number of rotatable bonds is 6. The molecule has 0 fully saturated rings. The van der Waals surface area contributed by atoms with Crippen LogP contribution in [0.15, 0.2) is 66.7 Å². The van der Waals surface area contributed by atoms with Crippen LogP contribution >= 0.6 is 0 Å². The molecule has 1 amide bonds. The van der Waals surface area contributed by atoms with Crippen molar-refractivity contribution in [2.24, 2.45) is 0 Å². The first-order valence-corrected chi connectivity index (χ1v) is 10.7. The summed E-state index contributed by atoms with van der Waals surface area (Å²) in [6.07, 6.45) is -0.271. The van der Waals surface area contributed by atoms with Crippen molar-refractivity contribution in [1.82, 2.24) is 9.55 Å². The lowest BCUT2D eigenvalue weighted by Gasteiger charge is -2.23. The smallest absolute Gasteiger partial charge is 0.229 e. The number of aromatic nitrogens is 2. The summed E-state index contributed by atoms with van der Waals surface area (Å²) < 4.78 is 29.5. The molecule has 1 heterocycles. The van der Waals surface area contributed by atoms with Gasteiger partial charge in [-0.2, -0.15) is 0 Å². The van der Waals surface area contributed by atoms with E-state index in [1.165, 1.54) is 11.5 Å². The van der Waals surface area contributed by atoms with Gasteiger partial charge in [0.25, 0.3) is 0 Å². The van der Waals surface area contributed by atoms with E-state index in [4.69, 9.17) is 0 Å². The van der Waals surface area contributed by atoms with Crippen LogP contribution in [0.3, 0.4) is 0 Å². The molecular formula is C26H25F2N3O3. The fourth-order valence-corrected chi connectivity index (χ4v) is 3.85. The molecule has 0 saturated carbocycles. The molecule has 0 bridgehead atoms. The van der Waals surface area contributed by atoms with Crippen LogP contribution in [0.25, 0.3) is 16.7 Å². The van der Waals surface area contributed by atoms with Gasteiger partial charge in [0.05, 0.1) is 34.3 Å². The molecule has 3 aromatic carbocycles. The second-order valence-corrected chi connectivity index (χ2v) is 9.03. The predicted molar refractivity (Wildman–Crippen MR) is 125 cm³/mol. The Bertz CT molecular complexity index is 1340. The summed E-state index contributed by atoms with van der Waals surface area (Å²) >= 11 is 0. The van der Waals surface area contributed by atoms with Gasteiger partial charge in [-0.3, -0.25) is 14.7 Å². The number of anilines is 1. The van der Waals surface area contributed by atoms with E-state index < -0.39 is 28.7 Å². The Labute approximate surface area is 195 Å². The Morgan fingerprint density at radius 1 is 0.941 bits per heavy atom. The number of fused-ring (bicyclic) bond motifs is 1. The third kappa shape index (κ3) is 4.83. The monoisotopic (exact) mass is 465 g/mol. The number of nitrogens with one attached hydrogen (secondary N) is 1. The summed E-state index contributed by atoms with van der Waals surface area (Å²) in [5.41, 5.74) is -0.491. The average molecular weight is 466 g/mol. The van der Waals surface area contributed by atoms with Crippen molar-refractivity contribution in [1.29, 1.82) is 0 Å². The number of hydrogen-bond donors (Lipinski definition) is 3. The Kier molecular flexibility index (Phi) is 5.97. The fraction of sp³-hybridized carbons (Fsp3) is 0.231. The highest BCUT2D eigenvalue weighted by atomic mass is 19.1. The van der Waals surface area contributed by atoms with Gasteiger partial charge in [0.15, 0.2) is 0 Å². The fourth-order valence-electron chi connectivity index (χ4n) is 3.85. The maximum absolute atomic E-state index is 14.1. The van der Waals surface area contributed by atoms with Crippen LogP contribution in [0.4, 0.5) is 14.7 Å². The summed E-state index contributed by atoms with van der Waals surface area (Å²) in [4.78, 5) is 17.3. The topological polar surface area (TPSA) is 87.4 Å². The van der Waals surface area contributed by atoms with Crippen LogP contribution in [0.1, 0.15) is 38.3 Å². The minimum Gasteiger partial charge on any atom is -0.386 e. The van der Waals surface area contributed by atoms with E-state index in [1.807, 2.05) is 6.07 Å². The lowest BCUT2D eigenvalue weighted by atomic mass is 9.92. The van der Waals surface area contributed by atoms with Gasteiger partial charge in [-0.1, -0.05) is 36.4 Å². The number of carbonyl (C=O) groups excluding carboxylic acids is 1. The number of carbonyl (C=O) groups is 1. The maximum Gasteiger partial charge on any atom is 0.229 e. The normalized spacial score (nSPS) is 13.6. The molecule has 0 spiro atoms. The van der Waals surface area contributed by atoms with E-state index >= 15 is 0 Å². The third-order valence-corrected chi connectivity index (χ3v) is 5.62. The first kappa shape index (κ1) is 23.5. The number of amides is 1. The van der Waals surface area contributed by atoms with Crippen LogP contribution in [-0.2, 0) is 16.0 Å². The van der Waals surface area contributed by atoms with Gasteiger partial charge in [0, 0.05) is 6.07 Å². The molecule has 176 valence electrons. The van der Waals surface area contributed by atoms with Gasteiger partial charge in [-0.25, -0.2) is 13.8 Å². The minimum absolute atomic E-state index is 0.0294. The average Bonchev–Trinajstić information content (AvgIpc) is 3.09.